The van der Waals surface area contributed by atoms with Gasteiger partial charge in [0.2, 0.25) is 28.6 Å². The molecule has 0 bridgehead atoms. The molecule has 0 saturated heterocycles. The van der Waals surface area contributed by atoms with Crippen LogP contribution in [-0.4, -0.2) is 56.8 Å². The van der Waals surface area contributed by atoms with E-state index >= 15 is 0 Å². The summed E-state index contributed by atoms with van der Waals surface area (Å²) >= 11 is 0. The molecule has 224 valence electrons. The van der Waals surface area contributed by atoms with E-state index in [2.05, 4.69) is 5.32 Å². The second-order valence-electron chi connectivity index (χ2n) is 10.5. The van der Waals surface area contributed by atoms with Crippen LogP contribution in [0.4, 0.5) is 5.69 Å². The molecule has 4 rings (SSSR count). The van der Waals surface area contributed by atoms with Crippen LogP contribution in [0.5, 0.6) is 11.5 Å². The van der Waals surface area contributed by atoms with Gasteiger partial charge in [-0.3, -0.25) is 13.9 Å². The van der Waals surface area contributed by atoms with Gasteiger partial charge in [-0.25, -0.2) is 8.42 Å². The summed E-state index contributed by atoms with van der Waals surface area (Å²) in [6.07, 6.45) is 2.57. The number of amides is 2. The van der Waals surface area contributed by atoms with Crippen molar-refractivity contribution in [2.75, 3.05) is 23.9 Å². The molecule has 3 aromatic carbocycles. The fourth-order valence-electron chi connectivity index (χ4n) is 4.82. The van der Waals surface area contributed by atoms with Crippen molar-refractivity contribution in [3.63, 3.8) is 0 Å². The van der Waals surface area contributed by atoms with Gasteiger partial charge in [0.15, 0.2) is 11.5 Å². The third-order valence-electron chi connectivity index (χ3n) is 7.26. The molecule has 9 nitrogen and oxygen atoms in total. The van der Waals surface area contributed by atoms with Gasteiger partial charge in [0.1, 0.15) is 6.04 Å². The maximum atomic E-state index is 13.9. The van der Waals surface area contributed by atoms with Gasteiger partial charge in [-0.15, -0.1) is 0 Å². The maximum Gasteiger partial charge on any atom is 0.243 e. The second-order valence-corrected chi connectivity index (χ2v) is 12.4. The molecule has 1 heterocycles. The molecule has 2 amide bonds. The summed E-state index contributed by atoms with van der Waals surface area (Å²) < 4.78 is 37.5. The third kappa shape index (κ3) is 8.25. The highest BCUT2D eigenvalue weighted by Gasteiger charge is 2.31. The van der Waals surface area contributed by atoms with E-state index in [0.717, 1.165) is 23.8 Å². The zero-order valence-corrected chi connectivity index (χ0v) is 25.2. The number of benzene rings is 3. The molecule has 1 aliphatic rings. The van der Waals surface area contributed by atoms with Crippen molar-refractivity contribution in [2.45, 2.75) is 58.2 Å². The summed E-state index contributed by atoms with van der Waals surface area (Å²) in [5, 5.41) is 3.06. The Bertz CT molecular complexity index is 1450. The molecule has 1 aliphatic heterocycles. The number of sulfonamides is 1. The van der Waals surface area contributed by atoms with Crippen molar-refractivity contribution in [2.24, 2.45) is 0 Å². The van der Waals surface area contributed by atoms with E-state index in [4.69, 9.17) is 9.47 Å². The quantitative estimate of drug-likeness (QED) is 0.295. The highest BCUT2D eigenvalue weighted by atomic mass is 32.2. The van der Waals surface area contributed by atoms with Gasteiger partial charge in [-0.1, -0.05) is 67.6 Å². The summed E-state index contributed by atoms with van der Waals surface area (Å²) in [6.45, 7) is 4.36. The molecule has 0 aliphatic carbocycles. The smallest absolute Gasteiger partial charge is 0.243 e. The highest BCUT2D eigenvalue weighted by molar-refractivity contribution is 7.92. The Balaban J connectivity index is 1.56. The summed E-state index contributed by atoms with van der Waals surface area (Å²) in [7, 11) is -3.64. The number of carbonyl (C=O) groups is 2. The zero-order chi connectivity index (χ0) is 30.1. The molecule has 0 radical (unpaired) electrons. The molecule has 10 heteroatoms. The van der Waals surface area contributed by atoms with Crippen LogP contribution < -0.4 is 19.1 Å². The molecule has 2 atom stereocenters. The Morgan fingerprint density at radius 2 is 1.57 bits per heavy atom. The number of carbonyl (C=O) groups excluding carboxylic acids is 2. The minimum absolute atomic E-state index is 0.0468. The highest BCUT2D eigenvalue weighted by Crippen LogP contribution is 2.36. The van der Waals surface area contributed by atoms with E-state index < -0.39 is 16.1 Å². The molecule has 42 heavy (non-hydrogen) atoms. The van der Waals surface area contributed by atoms with Crippen LogP contribution in [0, 0.1) is 0 Å². The average molecular weight is 594 g/mol. The van der Waals surface area contributed by atoms with E-state index in [1.165, 1.54) is 4.31 Å². The SMILES string of the molecule is CCC(C)NC(=O)C(Cc1ccccc1)N(Cc1ccccc1)C(=O)CCCN(c1ccc2c(c1)OCO2)S(C)(=O)=O. The Morgan fingerprint density at radius 3 is 2.21 bits per heavy atom. The second kappa shape index (κ2) is 14.2. The Kier molecular flexibility index (Phi) is 10.5. The Hall–Kier alpha value is -4.05. The number of hydrogen-bond acceptors (Lipinski definition) is 6. The monoisotopic (exact) mass is 593 g/mol. The van der Waals surface area contributed by atoms with E-state index in [9.17, 15) is 18.0 Å². The fraction of sp³-hybridized carbons (Fsp3) is 0.375. The topological polar surface area (TPSA) is 105 Å². The number of nitrogens with one attached hydrogen (secondary N) is 1. The maximum absolute atomic E-state index is 13.9. The summed E-state index contributed by atoms with van der Waals surface area (Å²) in [5.41, 5.74) is 2.28. The molecule has 0 spiro atoms. The van der Waals surface area contributed by atoms with Crippen molar-refractivity contribution in [1.82, 2.24) is 10.2 Å². The number of ether oxygens (including phenoxy) is 2. The normalized spacial score (nSPS) is 13.7. The largest absolute Gasteiger partial charge is 0.454 e. The number of anilines is 1. The van der Waals surface area contributed by atoms with Crippen molar-refractivity contribution in [1.29, 1.82) is 0 Å². The van der Waals surface area contributed by atoms with Gasteiger partial charge in [-0.05, 0) is 43.0 Å². The predicted molar refractivity (Wildman–Crippen MR) is 163 cm³/mol. The van der Waals surface area contributed by atoms with Crippen LogP contribution >= 0.6 is 0 Å². The van der Waals surface area contributed by atoms with Gasteiger partial charge < -0.3 is 19.7 Å². The molecule has 3 aromatic rings. The van der Waals surface area contributed by atoms with Crippen molar-refractivity contribution in [3.05, 3.63) is 90.0 Å². The van der Waals surface area contributed by atoms with Crippen LogP contribution in [-0.2, 0) is 32.6 Å². The molecular formula is C32H39N3O6S. The van der Waals surface area contributed by atoms with Crippen molar-refractivity contribution < 1.29 is 27.5 Å². The van der Waals surface area contributed by atoms with E-state index in [1.807, 2.05) is 74.5 Å². The summed E-state index contributed by atoms with van der Waals surface area (Å²) in [4.78, 5) is 29.2. The summed E-state index contributed by atoms with van der Waals surface area (Å²) in [5.74, 6) is 0.593. The van der Waals surface area contributed by atoms with Crippen molar-refractivity contribution >= 4 is 27.5 Å². The fourth-order valence-corrected chi connectivity index (χ4v) is 5.78. The van der Waals surface area contributed by atoms with Crippen LogP contribution in [0.15, 0.2) is 78.9 Å². The van der Waals surface area contributed by atoms with E-state index in [0.29, 0.717) is 23.6 Å². The van der Waals surface area contributed by atoms with E-state index in [1.54, 1.807) is 23.1 Å². The van der Waals surface area contributed by atoms with Crippen LogP contribution in [0.3, 0.4) is 0 Å². The van der Waals surface area contributed by atoms with Crippen LogP contribution in [0.2, 0.25) is 0 Å². The number of rotatable bonds is 14. The summed E-state index contributed by atoms with van der Waals surface area (Å²) in [6, 6.07) is 23.4. The lowest BCUT2D eigenvalue weighted by atomic mass is 10.0. The van der Waals surface area contributed by atoms with Gasteiger partial charge in [0.25, 0.3) is 0 Å². The number of fused-ring (bicyclic) bond motifs is 1. The lowest BCUT2D eigenvalue weighted by molar-refractivity contribution is -0.141. The van der Waals surface area contributed by atoms with Crippen LogP contribution in [0.25, 0.3) is 0 Å². The van der Waals surface area contributed by atoms with Crippen molar-refractivity contribution in [3.8, 4) is 11.5 Å². The minimum atomic E-state index is -3.64. The van der Waals surface area contributed by atoms with Crippen LogP contribution in [0.1, 0.15) is 44.2 Å². The zero-order valence-electron chi connectivity index (χ0n) is 24.4. The molecule has 0 saturated carbocycles. The van der Waals surface area contributed by atoms with E-state index in [-0.39, 0.29) is 50.6 Å². The third-order valence-corrected chi connectivity index (χ3v) is 8.46. The first kappa shape index (κ1) is 30.9. The first-order valence-electron chi connectivity index (χ1n) is 14.2. The number of hydrogen-bond donors (Lipinski definition) is 1. The molecule has 0 aromatic heterocycles. The Morgan fingerprint density at radius 1 is 0.929 bits per heavy atom. The Labute approximate surface area is 248 Å². The lowest BCUT2D eigenvalue weighted by Crippen LogP contribution is -2.52. The van der Waals surface area contributed by atoms with Gasteiger partial charge in [0.05, 0.1) is 11.9 Å². The standard InChI is InChI=1S/C32H39N3O6S/c1-4-24(2)33-32(37)28(20-25-12-7-5-8-13-25)34(22-26-14-9-6-10-15-26)31(36)16-11-19-35(42(3,38)39)27-17-18-29-30(21-27)41-23-40-29/h5-10,12-15,17-18,21,24,28H,4,11,16,19-20,22-23H2,1-3H3,(H,33,37). The molecule has 1 N–H and O–H groups in total. The first-order valence-corrected chi connectivity index (χ1v) is 16.1. The van der Waals surface area contributed by atoms with Gasteiger partial charge >= 0.3 is 0 Å². The predicted octanol–water partition coefficient (Wildman–Crippen LogP) is 4.52. The minimum Gasteiger partial charge on any atom is -0.454 e. The number of nitrogens with zero attached hydrogens (tertiary/aromatic N) is 2. The molecule has 2 unspecified atom stereocenters. The molecular weight excluding hydrogens is 554 g/mol. The lowest BCUT2D eigenvalue weighted by Gasteiger charge is -2.32. The first-order chi connectivity index (χ1) is 20.2. The van der Waals surface area contributed by atoms with Gasteiger partial charge in [-0.2, -0.15) is 0 Å². The van der Waals surface area contributed by atoms with Gasteiger partial charge in [0, 0.05) is 38.0 Å². The average Bonchev–Trinajstić information content (AvgIpc) is 3.45. The molecule has 0 fully saturated rings.